The van der Waals surface area contributed by atoms with E-state index in [0.717, 1.165) is 13.1 Å². The van der Waals surface area contributed by atoms with E-state index in [2.05, 4.69) is 4.90 Å². The molecule has 0 aromatic carbocycles. The van der Waals surface area contributed by atoms with Crippen molar-refractivity contribution in [3.05, 3.63) is 0 Å². The molecule has 1 heterocycles. The first-order valence-electron chi connectivity index (χ1n) is 5.85. The van der Waals surface area contributed by atoms with Gasteiger partial charge in [0.05, 0.1) is 12.8 Å². The van der Waals surface area contributed by atoms with Crippen molar-refractivity contribution < 1.29 is 29.7 Å². The average Bonchev–Trinajstić information content (AvgIpc) is 2.26. The summed E-state index contributed by atoms with van der Waals surface area (Å²) in [6.45, 7) is 4.25. The number of amides is 1. The molecule has 0 saturated carbocycles. The van der Waals surface area contributed by atoms with Crippen LogP contribution in [0.2, 0.25) is 0 Å². The number of rotatable bonds is 3. The van der Waals surface area contributed by atoms with Gasteiger partial charge in [0.2, 0.25) is 0 Å². The number of aliphatic carboxylic acids is 2. The maximum Gasteiger partial charge on any atom is 0.407 e. The molecule has 3 N–H and O–H groups in total. The first-order chi connectivity index (χ1) is 8.73. The molecule has 0 spiro atoms. The Labute approximate surface area is 111 Å². The Bertz CT molecular complexity index is 319. The number of carboxylic acid groups (broad SMARTS) is 3. The Balaban J connectivity index is 0.000000362. The molecule has 0 bridgehead atoms. The Morgan fingerprint density at radius 3 is 1.84 bits per heavy atom. The highest BCUT2D eigenvalue weighted by Crippen LogP contribution is 2.06. The van der Waals surface area contributed by atoms with E-state index in [4.69, 9.17) is 15.3 Å². The third kappa shape index (κ3) is 7.98. The van der Waals surface area contributed by atoms with Crippen LogP contribution in [0.5, 0.6) is 0 Å². The van der Waals surface area contributed by atoms with Crippen LogP contribution in [0.15, 0.2) is 0 Å². The van der Waals surface area contributed by atoms with Crippen LogP contribution in [-0.4, -0.2) is 75.9 Å². The minimum absolute atomic E-state index is 0.131. The lowest BCUT2D eigenvalue weighted by molar-refractivity contribution is -0.143. The molecule has 1 atom stereocenters. The Morgan fingerprint density at radius 1 is 1.05 bits per heavy atom. The van der Waals surface area contributed by atoms with Crippen LogP contribution < -0.4 is 0 Å². The molecule has 8 nitrogen and oxygen atoms in total. The van der Waals surface area contributed by atoms with Crippen molar-refractivity contribution in [2.24, 2.45) is 0 Å². The number of carboxylic acids is 2. The topological polar surface area (TPSA) is 118 Å². The van der Waals surface area contributed by atoms with Crippen molar-refractivity contribution in [2.75, 3.05) is 26.7 Å². The molecule has 0 aliphatic carbocycles. The van der Waals surface area contributed by atoms with Crippen molar-refractivity contribution in [3.8, 4) is 0 Å². The van der Waals surface area contributed by atoms with Gasteiger partial charge >= 0.3 is 18.0 Å². The fourth-order valence-electron chi connectivity index (χ4n) is 1.64. The highest BCUT2D eigenvalue weighted by Gasteiger charge is 2.24. The minimum Gasteiger partial charge on any atom is -0.481 e. The van der Waals surface area contributed by atoms with E-state index >= 15 is 0 Å². The highest BCUT2D eigenvalue weighted by atomic mass is 16.4. The van der Waals surface area contributed by atoms with Gasteiger partial charge in [-0.1, -0.05) is 0 Å². The van der Waals surface area contributed by atoms with Crippen LogP contribution >= 0.6 is 0 Å². The van der Waals surface area contributed by atoms with Crippen LogP contribution in [0.4, 0.5) is 4.79 Å². The van der Waals surface area contributed by atoms with Crippen molar-refractivity contribution in [1.29, 1.82) is 0 Å². The lowest BCUT2D eigenvalue weighted by atomic mass is 10.2. The van der Waals surface area contributed by atoms with E-state index in [9.17, 15) is 14.4 Å². The lowest BCUT2D eigenvalue weighted by Gasteiger charge is -2.36. The molecule has 19 heavy (non-hydrogen) atoms. The molecular formula is C11H20N2O6. The molecular weight excluding hydrogens is 256 g/mol. The largest absolute Gasteiger partial charge is 0.481 e. The third-order valence-corrected chi connectivity index (χ3v) is 2.63. The fourth-order valence-corrected chi connectivity index (χ4v) is 1.64. The summed E-state index contributed by atoms with van der Waals surface area (Å²) in [7, 11) is 2.01. The number of hydrogen-bond acceptors (Lipinski definition) is 4. The third-order valence-electron chi connectivity index (χ3n) is 2.63. The van der Waals surface area contributed by atoms with Crippen LogP contribution in [-0.2, 0) is 9.59 Å². The lowest BCUT2D eigenvalue weighted by Crippen LogP contribution is -2.52. The van der Waals surface area contributed by atoms with Gasteiger partial charge in [-0.15, -0.1) is 0 Å². The van der Waals surface area contributed by atoms with Crippen LogP contribution in [0.1, 0.15) is 19.8 Å². The predicted molar refractivity (Wildman–Crippen MR) is 66.2 cm³/mol. The molecule has 0 radical (unpaired) electrons. The van der Waals surface area contributed by atoms with Crippen LogP contribution in [0.3, 0.4) is 0 Å². The summed E-state index contributed by atoms with van der Waals surface area (Å²) in [5.74, 6) is -2.15. The van der Waals surface area contributed by atoms with Gasteiger partial charge in [0, 0.05) is 25.7 Å². The Hall–Kier alpha value is -1.83. The summed E-state index contributed by atoms with van der Waals surface area (Å²) in [4.78, 5) is 33.5. The zero-order valence-electron chi connectivity index (χ0n) is 11.1. The van der Waals surface area contributed by atoms with Crippen molar-refractivity contribution >= 4 is 18.0 Å². The van der Waals surface area contributed by atoms with Crippen molar-refractivity contribution in [2.45, 2.75) is 25.8 Å². The summed E-state index contributed by atoms with van der Waals surface area (Å²) in [6, 6.07) is 0.131. The second kappa shape index (κ2) is 8.30. The molecule has 1 aliphatic heterocycles. The second-order valence-electron chi connectivity index (χ2n) is 4.37. The quantitative estimate of drug-likeness (QED) is 0.675. The van der Waals surface area contributed by atoms with Crippen molar-refractivity contribution in [3.63, 3.8) is 0 Å². The average molecular weight is 276 g/mol. The first-order valence-corrected chi connectivity index (χ1v) is 5.85. The number of likely N-dealkylation sites (N-methyl/N-ethyl adjacent to an activating group) is 1. The molecule has 0 aromatic heterocycles. The van der Waals surface area contributed by atoms with Crippen LogP contribution in [0.25, 0.3) is 0 Å². The van der Waals surface area contributed by atoms with Gasteiger partial charge in [-0.2, -0.15) is 0 Å². The first kappa shape index (κ1) is 17.2. The summed E-state index contributed by atoms with van der Waals surface area (Å²) < 4.78 is 0. The molecule has 1 aliphatic rings. The zero-order chi connectivity index (χ0) is 15.0. The van der Waals surface area contributed by atoms with E-state index in [1.54, 1.807) is 0 Å². The molecule has 0 aromatic rings. The molecule has 110 valence electrons. The number of hydrogen-bond donors (Lipinski definition) is 3. The summed E-state index contributed by atoms with van der Waals surface area (Å²) >= 11 is 0. The molecule has 0 unspecified atom stereocenters. The van der Waals surface area contributed by atoms with Gasteiger partial charge in [-0.25, -0.2) is 4.79 Å². The van der Waals surface area contributed by atoms with E-state index in [-0.39, 0.29) is 18.9 Å². The number of nitrogens with zero attached hydrogens (tertiary/aromatic N) is 2. The Kier molecular flexibility index (Phi) is 7.50. The van der Waals surface area contributed by atoms with E-state index < -0.39 is 18.0 Å². The van der Waals surface area contributed by atoms with Gasteiger partial charge in [0.25, 0.3) is 0 Å². The second-order valence-corrected chi connectivity index (χ2v) is 4.37. The van der Waals surface area contributed by atoms with E-state index in [1.165, 1.54) is 4.90 Å². The normalized spacial score (nSPS) is 19.3. The smallest absolute Gasteiger partial charge is 0.407 e. The van der Waals surface area contributed by atoms with E-state index in [0.29, 0.717) is 6.54 Å². The van der Waals surface area contributed by atoms with Gasteiger partial charge in [-0.3, -0.25) is 9.59 Å². The summed E-state index contributed by atoms with van der Waals surface area (Å²) in [5, 5.41) is 24.5. The maximum atomic E-state index is 10.6. The number of piperazine rings is 1. The van der Waals surface area contributed by atoms with Gasteiger partial charge in [-0.05, 0) is 14.0 Å². The highest BCUT2D eigenvalue weighted by molar-refractivity contribution is 5.75. The SMILES string of the molecule is C[C@@H]1CN(C)CCN1C(=O)O.O=C(O)CCC(=O)O. The zero-order valence-corrected chi connectivity index (χ0v) is 11.1. The Morgan fingerprint density at radius 2 is 1.53 bits per heavy atom. The van der Waals surface area contributed by atoms with E-state index in [1.807, 2.05) is 14.0 Å². The number of carbonyl (C=O) groups is 3. The van der Waals surface area contributed by atoms with Crippen molar-refractivity contribution in [1.82, 2.24) is 9.80 Å². The summed E-state index contributed by atoms with van der Waals surface area (Å²) in [6.07, 6.45) is -1.39. The minimum atomic E-state index is -1.08. The molecule has 1 saturated heterocycles. The molecule has 1 amide bonds. The fraction of sp³-hybridized carbons (Fsp3) is 0.727. The standard InChI is InChI=1S/C7H14N2O2.C4H6O4/c1-6-5-8(2)3-4-9(6)7(10)11;5-3(6)1-2-4(7)8/h6H,3-5H2,1-2H3,(H,10,11);1-2H2,(H,5,6)(H,7,8)/t6-;/m1./s1. The molecule has 8 heteroatoms. The van der Waals surface area contributed by atoms with Gasteiger partial charge in [0.1, 0.15) is 0 Å². The van der Waals surface area contributed by atoms with Crippen LogP contribution in [0, 0.1) is 0 Å². The summed E-state index contributed by atoms with van der Waals surface area (Å²) in [5.41, 5.74) is 0. The maximum absolute atomic E-state index is 10.6. The predicted octanol–water partition coefficient (Wildman–Crippen LogP) is 0.236. The molecule has 1 fully saturated rings. The molecule has 1 rings (SSSR count). The monoisotopic (exact) mass is 276 g/mol. The van der Waals surface area contributed by atoms with Gasteiger partial charge in [0.15, 0.2) is 0 Å². The van der Waals surface area contributed by atoms with Gasteiger partial charge < -0.3 is 25.1 Å².